The van der Waals surface area contributed by atoms with Crippen LogP contribution in [0, 0.1) is 0 Å². The average Bonchev–Trinajstić information content (AvgIpc) is 2.56. The van der Waals surface area contributed by atoms with Crippen LogP contribution >= 0.6 is 11.6 Å². The summed E-state index contributed by atoms with van der Waals surface area (Å²) in [6.45, 7) is 3.81. The molecule has 5 nitrogen and oxygen atoms in total. The van der Waals surface area contributed by atoms with Crippen molar-refractivity contribution in [1.29, 1.82) is 0 Å². The molecule has 0 aliphatic carbocycles. The van der Waals surface area contributed by atoms with Crippen LogP contribution in [0.2, 0.25) is 5.02 Å². The fourth-order valence-electron chi connectivity index (χ4n) is 1.87. The minimum atomic E-state index is -4.56. The Bertz CT molecular complexity index is 750. The van der Waals surface area contributed by atoms with Crippen LogP contribution in [0.1, 0.15) is 36.2 Å². The van der Waals surface area contributed by atoms with Crippen LogP contribution < -0.4 is 10.6 Å². The molecule has 1 heterocycles. The summed E-state index contributed by atoms with van der Waals surface area (Å²) in [7, 11) is 0. The quantitative estimate of drug-likeness (QED) is 0.815. The Morgan fingerprint density at radius 1 is 1.28 bits per heavy atom. The topological polar surface area (TPSA) is 66.9 Å². The summed E-state index contributed by atoms with van der Waals surface area (Å²) in [5, 5.41) is 5.02. The van der Waals surface area contributed by atoms with Crippen molar-refractivity contribution in [1.82, 2.24) is 15.3 Å². The third kappa shape index (κ3) is 5.06. The van der Waals surface area contributed by atoms with Gasteiger partial charge in [0.15, 0.2) is 0 Å². The zero-order valence-electron chi connectivity index (χ0n) is 13.5. The Morgan fingerprint density at radius 2 is 1.92 bits per heavy atom. The number of hydrogen-bond acceptors (Lipinski definition) is 4. The molecule has 2 aromatic rings. The minimum Gasteiger partial charge on any atom is -0.350 e. The van der Waals surface area contributed by atoms with E-state index in [1.165, 1.54) is 18.5 Å². The molecule has 0 saturated carbocycles. The van der Waals surface area contributed by atoms with E-state index in [0.29, 0.717) is 0 Å². The second-order valence-electron chi connectivity index (χ2n) is 5.40. The molecule has 1 amide bonds. The lowest BCUT2D eigenvalue weighted by atomic mass is 10.2. The monoisotopic (exact) mass is 372 g/mol. The molecule has 0 radical (unpaired) electrons. The van der Waals surface area contributed by atoms with E-state index < -0.39 is 16.8 Å². The number of rotatable bonds is 5. The molecule has 0 spiro atoms. The van der Waals surface area contributed by atoms with E-state index in [2.05, 4.69) is 20.6 Å². The van der Waals surface area contributed by atoms with E-state index in [-0.39, 0.29) is 29.1 Å². The lowest BCUT2D eigenvalue weighted by molar-refractivity contribution is -0.137. The molecule has 1 aromatic carbocycles. The van der Waals surface area contributed by atoms with Gasteiger partial charge in [-0.1, -0.05) is 18.5 Å². The number of nitrogens with zero attached hydrogens (tertiary/aromatic N) is 2. The summed E-state index contributed by atoms with van der Waals surface area (Å²) >= 11 is 5.57. The van der Waals surface area contributed by atoms with Crippen molar-refractivity contribution in [2.24, 2.45) is 0 Å². The van der Waals surface area contributed by atoms with Crippen molar-refractivity contribution in [3.05, 3.63) is 46.7 Å². The SMILES string of the molecule is CCC(C)NC(=O)c1cnc(Nc2ccc(Cl)c(C(F)(F)F)c2)nc1. The van der Waals surface area contributed by atoms with Gasteiger partial charge in [-0.25, -0.2) is 9.97 Å². The van der Waals surface area contributed by atoms with Gasteiger partial charge in [0.2, 0.25) is 5.95 Å². The summed E-state index contributed by atoms with van der Waals surface area (Å²) in [4.78, 5) is 19.8. The Kier molecular flexibility index (Phi) is 5.84. The maximum atomic E-state index is 12.9. The first-order valence-corrected chi connectivity index (χ1v) is 7.85. The maximum absolute atomic E-state index is 12.9. The highest BCUT2D eigenvalue weighted by molar-refractivity contribution is 6.31. The van der Waals surface area contributed by atoms with E-state index in [0.717, 1.165) is 18.6 Å². The van der Waals surface area contributed by atoms with Gasteiger partial charge >= 0.3 is 6.18 Å². The second kappa shape index (κ2) is 7.69. The van der Waals surface area contributed by atoms with Crippen molar-refractivity contribution < 1.29 is 18.0 Å². The number of anilines is 2. The molecule has 0 fully saturated rings. The second-order valence-corrected chi connectivity index (χ2v) is 5.80. The number of benzene rings is 1. The Balaban J connectivity index is 2.13. The first kappa shape index (κ1) is 19.0. The average molecular weight is 373 g/mol. The Labute approximate surface area is 147 Å². The van der Waals surface area contributed by atoms with E-state index in [9.17, 15) is 18.0 Å². The highest BCUT2D eigenvalue weighted by Gasteiger charge is 2.33. The lowest BCUT2D eigenvalue weighted by Gasteiger charge is -2.12. The van der Waals surface area contributed by atoms with Gasteiger partial charge in [0.25, 0.3) is 5.91 Å². The van der Waals surface area contributed by atoms with Crippen molar-refractivity contribution in [2.45, 2.75) is 32.5 Å². The molecule has 0 aliphatic heterocycles. The van der Waals surface area contributed by atoms with Crippen LogP contribution in [0.15, 0.2) is 30.6 Å². The molecule has 9 heteroatoms. The third-order valence-electron chi connectivity index (χ3n) is 3.43. The third-order valence-corrected chi connectivity index (χ3v) is 3.76. The van der Waals surface area contributed by atoms with Crippen LogP contribution in [0.3, 0.4) is 0 Å². The van der Waals surface area contributed by atoms with Crippen molar-refractivity contribution in [2.75, 3.05) is 5.32 Å². The Hall–Kier alpha value is -2.35. The first-order chi connectivity index (χ1) is 11.7. The number of carbonyl (C=O) groups excluding carboxylic acids is 1. The molecule has 134 valence electrons. The number of nitrogens with one attached hydrogen (secondary N) is 2. The Morgan fingerprint density at radius 3 is 2.48 bits per heavy atom. The van der Waals surface area contributed by atoms with Crippen LogP contribution in [-0.4, -0.2) is 21.9 Å². The van der Waals surface area contributed by atoms with Crippen LogP contribution in [-0.2, 0) is 6.18 Å². The van der Waals surface area contributed by atoms with Crippen LogP contribution in [0.4, 0.5) is 24.8 Å². The summed E-state index contributed by atoms with van der Waals surface area (Å²) in [6.07, 6.45) is -1.18. The van der Waals surface area contributed by atoms with E-state index >= 15 is 0 Å². The van der Waals surface area contributed by atoms with E-state index in [4.69, 9.17) is 11.6 Å². The van der Waals surface area contributed by atoms with Gasteiger partial charge in [-0.2, -0.15) is 13.2 Å². The predicted octanol–water partition coefficient (Wildman–Crippen LogP) is 4.42. The first-order valence-electron chi connectivity index (χ1n) is 7.47. The smallest absolute Gasteiger partial charge is 0.350 e. The largest absolute Gasteiger partial charge is 0.417 e. The molecule has 0 aliphatic rings. The zero-order valence-corrected chi connectivity index (χ0v) is 14.2. The lowest BCUT2D eigenvalue weighted by Crippen LogP contribution is -2.32. The molecule has 1 unspecified atom stereocenters. The minimum absolute atomic E-state index is 0.0140. The molecule has 1 atom stereocenters. The van der Waals surface area contributed by atoms with Crippen molar-refractivity contribution in [3.8, 4) is 0 Å². The molecule has 2 rings (SSSR count). The van der Waals surface area contributed by atoms with Gasteiger partial charge < -0.3 is 10.6 Å². The van der Waals surface area contributed by atoms with Gasteiger partial charge in [-0.3, -0.25) is 4.79 Å². The fraction of sp³-hybridized carbons (Fsp3) is 0.312. The molecule has 0 saturated heterocycles. The normalized spacial score (nSPS) is 12.6. The number of amides is 1. The van der Waals surface area contributed by atoms with Gasteiger partial charge in [0.05, 0.1) is 16.1 Å². The molecular formula is C16H16ClF3N4O. The predicted molar refractivity (Wildman–Crippen MR) is 89.0 cm³/mol. The van der Waals surface area contributed by atoms with E-state index in [1.807, 2.05) is 13.8 Å². The summed E-state index contributed by atoms with van der Waals surface area (Å²) in [6, 6.07) is 3.40. The van der Waals surface area contributed by atoms with E-state index in [1.54, 1.807) is 0 Å². The van der Waals surface area contributed by atoms with Gasteiger partial charge in [0, 0.05) is 24.1 Å². The highest BCUT2D eigenvalue weighted by Crippen LogP contribution is 2.36. The van der Waals surface area contributed by atoms with Crippen LogP contribution in [0.5, 0.6) is 0 Å². The molecule has 1 aromatic heterocycles. The maximum Gasteiger partial charge on any atom is 0.417 e. The zero-order chi connectivity index (χ0) is 18.6. The fourth-order valence-corrected chi connectivity index (χ4v) is 2.09. The van der Waals surface area contributed by atoms with Gasteiger partial charge in [-0.05, 0) is 31.5 Å². The summed E-state index contributed by atoms with van der Waals surface area (Å²) < 4.78 is 38.6. The van der Waals surface area contributed by atoms with Crippen LogP contribution in [0.25, 0.3) is 0 Å². The summed E-state index contributed by atoms with van der Waals surface area (Å²) in [5.74, 6) is -0.248. The highest BCUT2D eigenvalue weighted by atomic mass is 35.5. The number of alkyl halides is 3. The molecule has 2 N–H and O–H groups in total. The standard InChI is InChI=1S/C16H16ClF3N4O/c1-3-9(2)23-14(25)10-7-21-15(22-8-10)24-11-4-5-13(17)12(6-11)16(18,19)20/h4-9H,3H2,1-2H3,(H,23,25)(H,21,22,24). The number of carbonyl (C=O) groups is 1. The summed E-state index contributed by atoms with van der Waals surface area (Å²) in [5.41, 5.74) is -0.560. The number of hydrogen-bond donors (Lipinski definition) is 2. The number of halogens is 4. The van der Waals surface area contributed by atoms with Gasteiger partial charge in [-0.15, -0.1) is 0 Å². The molecular weight excluding hydrogens is 357 g/mol. The van der Waals surface area contributed by atoms with Crippen molar-refractivity contribution in [3.63, 3.8) is 0 Å². The number of aromatic nitrogens is 2. The molecule has 25 heavy (non-hydrogen) atoms. The van der Waals surface area contributed by atoms with Gasteiger partial charge in [0.1, 0.15) is 0 Å². The van der Waals surface area contributed by atoms with Crippen molar-refractivity contribution >= 4 is 29.1 Å². The molecule has 0 bridgehead atoms.